The number of allylic oxidation sites excluding steroid dienone is 1. The number of unbranched alkanes of at least 4 members (excludes halogenated alkanes) is 1. The Morgan fingerprint density at radius 1 is 1.44 bits per heavy atom. The number of nitrogens with one attached hydrogen (secondary N) is 1. The molecule has 1 aliphatic carbocycles. The van der Waals surface area contributed by atoms with E-state index in [1.807, 2.05) is 12.2 Å². The molecule has 0 radical (unpaired) electrons. The topological polar surface area (TPSA) is 65.7 Å². The molecule has 1 heterocycles. The van der Waals surface area contributed by atoms with Gasteiger partial charge in [0.05, 0.1) is 6.04 Å². The van der Waals surface area contributed by atoms with Gasteiger partial charge in [0, 0.05) is 32.1 Å². The fourth-order valence-electron chi connectivity index (χ4n) is 2.10. The fraction of sp³-hybridized carbons (Fsp3) is 0.692. The molecule has 2 atom stereocenters. The van der Waals surface area contributed by atoms with Crippen molar-refractivity contribution in [2.75, 3.05) is 26.9 Å². The van der Waals surface area contributed by atoms with Crippen LogP contribution in [-0.4, -0.2) is 39.2 Å². The summed E-state index contributed by atoms with van der Waals surface area (Å²) in [5.41, 5.74) is 6.52. The molecule has 1 aliphatic heterocycles. The lowest BCUT2D eigenvalue weighted by atomic mass is 10.0. The SMILES string of the molecule is COCCCCO[C@H]1COC2=CC(N)=CCC2N1. The molecule has 0 amide bonds. The Morgan fingerprint density at radius 3 is 3.11 bits per heavy atom. The van der Waals surface area contributed by atoms with E-state index < -0.39 is 0 Å². The molecule has 18 heavy (non-hydrogen) atoms. The zero-order valence-electron chi connectivity index (χ0n) is 10.9. The monoisotopic (exact) mass is 254 g/mol. The number of morpholine rings is 1. The minimum atomic E-state index is -0.0255. The summed E-state index contributed by atoms with van der Waals surface area (Å²) in [6.45, 7) is 2.06. The molecule has 3 N–H and O–H groups in total. The predicted octanol–water partition coefficient (Wildman–Crippen LogP) is 0.874. The Bertz CT molecular complexity index is 328. The lowest BCUT2D eigenvalue weighted by Gasteiger charge is -2.34. The highest BCUT2D eigenvalue weighted by Crippen LogP contribution is 2.21. The molecular formula is C13H22N2O3. The van der Waals surface area contributed by atoms with E-state index in [4.69, 9.17) is 19.9 Å². The molecule has 1 unspecified atom stereocenters. The first kappa shape index (κ1) is 13.4. The standard InChI is InChI=1S/C13H22N2O3/c1-16-6-2-3-7-17-13-9-18-12-8-10(14)4-5-11(12)15-13/h4,8,11,13,15H,2-3,5-7,9,14H2,1H3/t11?,13-/m0/s1. The molecule has 0 aromatic rings. The first-order valence-corrected chi connectivity index (χ1v) is 6.46. The molecular weight excluding hydrogens is 232 g/mol. The number of nitrogens with two attached hydrogens (primary N) is 1. The Hall–Kier alpha value is -1.04. The first-order valence-electron chi connectivity index (χ1n) is 6.46. The lowest BCUT2D eigenvalue weighted by Crippen LogP contribution is -2.49. The van der Waals surface area contributed by atoms with E-state index in [9.17, 15) is 0 Å². The highest BCUT2D eigenvalue weighted by Gasteiger charge is 2.27. The van der Waals surface area contributed by atoms with E-state index >= 15 is 0 Å². The Morgan fingerprint density at radius 2 is 2.28 bits per heavy atom. The van der Waals surface area contributed by atoms with Gasteiger partial charge in [-0.05, 0) is 19.3 Å². The molecule has 0 bridgehead atoms. The van der Waals surface area contributed by atoms with Crippen LogP contribution in [-0.2, 0) is 14.2 Å². The molecule has 5 nitrogen and oxygen atoms in total. The van der Waals surface area contributed by atoms with Gasteiger partial charge in [0.25, 0.3) is 0 Å². The second kappa shape index (κ2) is 6.78. The van der Waals surface area contributed by atoms with Gasteiger partial charge in [0.2, 0.25) is 0 Å². The van der Waals surface area contributed by atoms with Gasteiger partial charge in [0.1, 0.15) is 18.6 Å². The second-order valence-corrected chi connectivity index (χ2v) is 4.58. The highest BCUT2D eigenvalue weighted by molar-refractivity contribution is 5.27. The van der Waals surface area contributed by atoms with Crippen molar-refractivity contribution < 1.29 is 14.2 Å². The van der Waals surface area contributed by atoms with Crippen molar-refractivity contribution in [2.45, 2.75) is 31.5 Å². The molecule has 2 rings (SSSR count). The first-order chi connectivity index (χ1) is 8.79. The smallest absolute Gasteiger partial charge is 0.143 e. The van der Waals surface area contributed by atoms with Crippen LogP contribution in [0.3, 0.4) is 0 Å². The number of hydrogen-bond acceptors (Lipinski definition) is 5. The average Bonchev–Trinajstić information content (AvgIpc) is 2.38. The Kier molecular flexibility index (Phi) is 5.04. The number of rotatable bonds is 6. The number of fused-ring (bicyclic) bond motifs is 1. The number of hydrogen-bond donors (Lipinski definition) is 2. The molecule has 2 aliphatic rings. The maximum atomic E-state index is 5.74. The average molecular weight is 254 g/mol. The number of methoxy groups -OCH3 is 1. The summed E-state index contributed by atoms with van der Waals surface area (Å²) in [7, 11) is 1.72. The van der Waals surface area contributed by atoms with Crippen molar-refractivity contribution in [1.82, 2.24) is 5.32 Å². The third kappa shape index (κ3) is 3.73. The zero-order valence-corrected chi connectivity index (χ0v) is 10.9. The van der Waals surface area contributed by atoms with Crippen molar-refractivity contribution in [3.05, 3.63) is 23.6 Å². The van der Waals surface area contributed by atoms with Gasteiger partial charge >= 0.3 is 0 Å². The normalized spacial score (nSPS) is 26.9. The van der Waals surface area contributed by atoms with Crippen LogP contribution >= 0.6 is 0 Å². The minimum Gasteiger partial charge on any atom is -0.492 e. The van der Waals surface area contributed by atoms with Gasteiger partial charge < -0.3 is 19.9 Å². The fourth-order valence-corrected chi connectivity index (χ4v) is 2.10. The Balaban J connectivity index is 1.67. The van der Waals surface area contributed by atoms with Crippen molar-refractivity contribution in [1.29, 1.82) is 0 Å². The predicted molar refractivity (Wildman–Crippen MR) is 68.7 cm³/mol. The Labute approximate surface area is 108 Å². The largest absolute Gasteiger partial charge is 0.492 e. The molecule has 5 heteroatoms. The molecule has 102 valence electrons. The quantitative estimate of drug-likeness (QED) is 0.689. The van der Waals surface area contributed by atoms with Crippen LogP contribution in [0.25, 0.3) is 0 Å². The van der Waals surface area contributed by atoms with E-state index in [1.165, 1.54) is 0 Å². The summed E-state index contributed by atoms with van der Waals surface area (Å²) >= 11 is 0. The van der Waals surface area contributed by atoms with E-state index in [1.54, 1.807) is 7.11 Å². The van der Waals surface area contributed by atoms with Crippen molar-refractivity contribution in [3.8, 4) is 0 Å². The van der Waals surface area contributed by atoms with Gasteiger partial charge in [-0.3, -0.25) is 5.32 Å². The van der Waals surface area contributed by atoms with Crippen LogP contribution in [0, 0.1) is 0 Å². The van der Waals surface area contributed by atoms with Gasteiger partial charge in [-0.1, -0.05) is 6.08 Å². The summed E-state index contributed by atoms with van der Waals surface area (Å²) in [4.78, 5) is 0. The maximum Gasteiger partial charge on any atom is 0.143 e. The molecule has 0 aromatic carbocycles. The molecule has 0 aromatic heterocycles. The van der Waals surface area contributed by atoms with Crippen molar-refractivity contribution in [2.24, 2.45) is 5.73 Å². The third-order valence-corrected chi connectivity index (χ3v) is 3.09. The van der Waals surface area contributed by atoms with E-state index in [0.717, 1.165) is 43.9 Å². The maximum absolute atomic E-state index is 5.74. The van der Waals surface area contributed by atoms with E-state index in [-0.39, 0.29) is 12.3 Å². The van der Waals surface area contributed by atoms with E-state index in [2.05, 4.69) is 5.32 Å². The van der Waals surface area contributed by atoms with E-state index in [0.29, 0.717) is 6.61 Å². The third-order valence-electron chi connectivity index (χ3n) is 3.09. The van der Waals surface area contributed by atoms with Crippen LogP contribution in [0.15, 0.2) is 23.6 Å². The van der Waals surface area contributed by atoms with Crippen molar-refractivity contribution in [3.63, 3.8) is 0 Å². The van der Waals surface area contributed by atoms with Gasteiger partial charge in [-0.25, -0.2) is 0 Å². The second-order valence-electron chi connectivity index (χ2n) is 4.58. The lowest BCUT2D eigenvalue weighted by molar-refractivity contribution is -0.0537. The van der Waals surface area contributed by atoms with Gasteiger partial charge in [0.15, 0.2) is 0 Å². The summed E-state index contributed by atoms with van der Waals surface area (Å²) in [6, 6.07) is 0.204. The van der Waals surface area contributed by atoms with Crippen LogP contribution in [0.1, 0.15) is 19.3 Å². The van der Waals surface area contributed by atoms with Gasteiger partial charge in [-0.2, -0.15) is 0 Å². The van der Waals surface area contributed by atoms with Crippen LogP contribution in [0.5, 0.6) is 0 Å². The van der Waals surface area contributed by atoms with Gasteiger partial charge in [-0.15, -0.1) is 0 Å². The highest BCUT2D eigenvalue weighted by atomic mass is 16.5. The summed E-state index contributed by atoms with van der Waals surface area (Å²) < 4.78 is 16.4. The molecule has 1 fully saturated rings. The van der Waals surface area contributed by atoms with Crippen LogP contribution < -0.4 is 11.1 Å². The zero-order chi connectivity index (χ0) is 12.8. The number of ether oxygens (including phenoxy) is 3. The minimum absolute atomic E-state index is 0.0255. The van der Waals surface area contributed by atoms with Crippen LogP contribution in [0.2, 0.25) is 0 Å². The van der Waals surface area contributed by atoms with Crippen LogP contribution in [0.4, 0.5) is 0 Å². The molecule has 0 saturated carbocycles. The van der Waals surface area contributed by atoms with Crippen molar-refractivity contribution >= 4 is 0 Å². The molecule has 1 saturated heterocycles. The summed E-state index contributed by atoms with van der Waals surface area (Å²) in [6.07, 6.45) is 6.76. The summed E-state index contributed by atoms with van der Waals surface area (Å²) in [5, 5.41) is 3.42. The molecule has 0 spiro atoms. The summed E-state index contributed by atoms with van der Waals surface area (Å²) in [5.74, 6) is 0.925.